The average Bonchev–Trinajstić information content (AvgIpc) is 1.38. The van der Waals surface area contributed by atoms with Gasteiger partial charge in [0.25, 0.3) is 0 Å². The van der Waals surface area contributed by atoms with Gasteiger partial charge in [0.05, 0.1) is 0 Å². The molecule has 0 heterocycles. The molecule has 0 aliphatic carbocycles. The largest absolute Gasteiger partial charge is 0.301 e. The molecule has 36 valence electrons. The molecule has 0 atom stereocenters. The number of ketones is 1. The number of carbonyl (C=O) groups excluding carboxylic acids is 1. The van der Waals surface area contributed by atoms with Gasteiger partial charge in [0.2, 0.25) is 16.3 Å². The van der Waals surface area contributed by atoms with Crippen molar-refractivity contribution in [2.75, 3.05) is 0 Å². The molecule has 3 heteroatoms. The Balaban J connectivity index is 0. The first-order valence-electron chi connectivity index (χ1n) is 1.76. The number of carbonyl (C=O) groups is 1. The maximum absolute atomic E-state index is 9.85. The zero-order valence-electron chi connectivity index (χ0n) is 3.97. The fourth-order valence-corrected chi connectivity index (χ4v) is 0. The third-order valence-electron chi connectivity index (χ3n) is 0.498. The quantitative estimate of drug-likeness (QED) is 0.574. The van der Waals surface area contributed by atoms with E-state index in [-0.39, 0.29) is 39.9 Å². The second-order valence-electron chi connectivity index (χ2n) is 1.06. The van der Waals surface area contributed by atoms with Crippen molar-refractivity contribution in [2.45, 2.75) is 12.2 Å². The maximum atomic E-state index is 9.85. The molecule has 0 N–H and O–H groups in total. The molecule has 0 aliphatic heterocycles. The first kappa shape index (κ1) is 10.5. The second-order valence-corrected chi connectivity index (χ2v) is 1.76. The normalized spacial score (nSPS) is 6.17. The molecular weight excluding hydrogens is 236 g/mol. The number of rotatable bonds is 1. The van der Waals surface area contributed by atoms with E-state index in [0.717, 1.165) is 21.6 Å². The molecule has 0 amide bonds. The number of hydrogen-bond acceptors (Lipinski definition) is 1. The fraction of sp³-hybridized carbons (Fsp3) is 0.667. The van der Waals surface area contributed by atoms with Crippen LogP contribution in [0.3, 0.4) is 0 Å². The van der Waals surface area contributed by atoms with E-state index >= 15 is 0 Å². The summed E-state index contributed by atoms with van der Waals surface area (Å²) in [5.74, 6) is 0.316. The van der Waals surface area contributed by atoms with Gasteiger partial charge in [0, 0.05) is 39.9 Å². The number of Topliss-reactive ketones (excluding diaryl/α,β-unsaturated/α-hetero) is 1. The van der Waals surface area contributed by atoms with E-state index < -0.39 is 0 Å². The molecule has 0 bridgehead atoms. The molecule has 6 heavy (non-hydrogen) atoms. The minimum atomic E-state index is 0. The van der Waals surface area contributed by atoms with E-state index in [0.29, 0.717) is 5.78 Å². The van der Waals surface area contributed by atoms with Crippen LogP contribution in [0.4, 0.5) is 0 Å². The second kappa shape index (κ2) is 6.53. The van der Waals surface area contributed by atoms with Crippen molar-refractivity contribution in [1.29, 1.82) is 0 Å². The van der Waals surface area contributed by atoms with Crippen molar-refractivity contribution in [3.8, 4) is 0 Å². The van der Waals surface area contributed by atoms with Crippen LogP contribution in [0, 0.1) is 39.9 Å². The fourth-order valence-electron chi connectivity index (χ4n) is 0. The van der Waals surface area contributed by atoms with E-state index in [9.17, 15) is 4.79 Å². The smallest absolute Gasteiger partial charge is 0.223 e. The minimum absolute atomic E-state index is 0. The zero-order chi connectivity index (χ0) is 4.28. The van der Waals surface area contributed by atoms with Crippen LogP contribution in [-0.2, 0) is 4.79 Å². The van der Waals surface area contributed by atoms with Crippen molar-refractivity contribution in [2.24, 2.45) is 0 Å². The average molecular weight is 243 g/mol. The SMILES string of the molecule is CC(=O)[CH2][AlH2].[Gd]. The summed E-state index contributed by atoms with van der Waals surface area (Å²) >= 11 is 1.02. The van der Waals surface area contributed by atoms with Crippen molar-refractivity contribution >= 4 is 22.1 Å². The van der Waals surface area contributed by atoms with E-state index in [2.05, 4.69) is 0 Å². The third kappa shape index (κ3) is 9.11. The van der Waals surface area contributed by atoms with Gasteiger partial charge in [0.1, 0.15) is 5.78 Å². The van der Waals surface area contributed by atoms with E-state index in [1.165, 1.54) is 0 Å². The van der Waals surface area contributed by atoms with Gasteiger partial charge in [-0.2, -0.15) is 0 Å². The standard InChI is InChI=1S/C3H5O.Al.Gd.2H/c1-3(2)4;;;;/h1H2,2H3;;;;. The Hall–Kier alpha value is 1.53. The summed E-state index contributed by atoms with van der Waals surface area (Å²) in [5.41, 5.74) is 0. The van der Waals surface area contributed by atoms with Gasteiger partial charge in [-0.3, -0.25) is 0 Å². The first-order valence-corrected chi connectivity index (χ1v) is 3.18. The molecule has 0 radical (unpaired) electrons. The predicted molar refractivity (Wildman–Crippen MR) is 24.0 cm³/mol. The van der Waals surface area contributed by atoms with Gasteiger partial charge >= 0.3 is 0 Å². The van der Waals surface area contributed by atoms with Crippen LogP contribution in [0.1, 0.15) is 6.92 Å². The summed E-state index contributed by atoms with van der Waals surface area (Å²) in [6, 6.07) is 0. The van der Waals surface area contributed by atoms with Gasteiger partial charge in [0.15, 0.2) is 0 Å². The summed E-state index contributed by atoms with van der Waals surface area (Å²) in [5, 5.41) is 0.806. The van der Waals surface area contributed by atoms with Crippen molar-refractivity contribution in [1.82, 2.24) is 0 Å². The molecule has 0 rings (SSSR count). The molecule has 0 aliphatic rings. The molecule has 0 aromatic heterocycles. The van der Waals surface area contributed by atoms with Crippen molar-refractivity contribution in [3.63, 3.8) is 0 Å². The van der Waals surface area contributed by atoms with Crippen molar-refractivity contribution in [3.05, 3.63) is 0 Å². The van der Waals surface area contributed by atoms with Crippen LogP contribution in [0.15, 0.2) is 0 Å². The van der Waals surface area contributed by atoms with Crippen LogP contribution in [0.2, 0.25) is 5.28 Å². The summed E-state index contributed by atoms with van der Waals surface area (Å²) in [7, 11) is 0. The molecule has 0 aromatic rings. The molecule has 0 saturated carbocycles. The predicted octanol–water partition coefficient (Wildman–Crippen LogP) is -0.373. The Labute approximate surface area is 78.0 Å². The summed E-state index contributed by atoms with van der Waals surface area (Å²) in [6.45, 7) is 1.62. The minimum Gasteiger partial charge on any atom is -0.301 e. The van der Waals surface area contributed by atoms with Crippen molar-refractivity contribution < 1.29 is 44.7 Å². The van der Waals surface area contributed by atoms with E-state index in [4.69, 9.17) is 0 Å². The first-order chi connectivity index (χ1) is 2.27. The molecular formula is C3H7AlGdO. The maximum Gasteiger partial charge on any atom is 0.223 e. The summed E-state index contributed by atoms with van der Waals surface area (Å²) in [4.78, 5) is 9.85. The monoisotopic (exact) mass is 244 g/mol. The van der Waals surface area contributed by atoms with Gasteiger partial charge in [-0.15, -0.1) is 0 Å². The van der Waals surface area contributed by atoms with Crippen LogP contribution < -0.4 is 0 Å². The third-order valence-corrected chi connectivity index (χ3v) is 1.49. The van der Waals surface area contributed by atoms with Crippen LogP contribution >= 0.6 is 0 Å². The Morgan fingerprint density at radius 2 is 2.00 bits per heavy atom. The summed E-state index contributed by atoms with van der Waals surface area (Å²) < 4.78 is 0. The number of hydrogen-bond donors (Lipinski definition) is 0. The van der Waals surface area contributed by atoms with Gasteiger partial charge in [-0.05, 0) is 12.2 Å². The van der Waals surface area contributed by atoms with E-state index in [1.54, 1.807) is 6.92 Å². The molecule has 1 nitrogen and oxygen atoms in total. The van der Waals surface area contributed by atoms with E-state index in [1.807, 2.05) is 0 Å². The molecule has 0 unspecified atom stereocenters. The van der Waals surface area contributed by atoms with Crippen LogP contribution in [0.5, 0.6) is 0 Å². The Kier molecular flexibility index (Phi) is 11.4. The molecule has 0 fully saturated rings. The Bertz CT molecular complexity index is 46.1. The summed E-state index contributed by atoms with van der Waals surface area (Å²) in [6.07, 6.45) is 0. The van der Waals surface area contributed by atoms with Gasteiger partial charge < -0.3 is 4.79 Å². The molecule has 0 aromatic carbocycles. The topological polar surface area (TPSA) is 17.1 Å². The Morgan fingerprint density at radius 1 is 1.83 bits per heavy atom. The Morgan fingerprint density at radius 3 is 2.00 bits per heavy atom. The zero-order valence-corrected chi connectivity index (χ0v) is 8.24. The van der Waals surface area contributed by atoms with Crippen LogP contribution in [0.25, 0.3) is 0 Å². The van der Waals surface area contributed by atoms with Crippen LogP contribution in [-0.4, -0.2) is 22.1 Å². The molecule has 0 saturated heterocycles. The molecule has 0 spiro atoms. The van der Waals surface area contributed by atoms with Gasteiger partial charge in [-0.1, -0.05) is 0 Å². The van der Waals surface area contributed by atoms with Gasteiger partial charge in [-0.25, -0.2) is 0 Å².